The molecule has 0 spiro atoms. The van der Waals surface area contributed by atoms with Crippen molar-refractivity contribution in [2.24, 2.45) is 4.99 Å². The fourth-order valence-corrected chi connectivity index (χ4v) is 1.59. The van der Waals surface area contributed by atoms with Gasteiger partial charge in [0.25, 0.3) is 0 Å². The normalized spacial score (nSPS) is 20.7. The number of carbonyl (C=O) groups excluding carboxylic acids is 1. The maximum absolute atomic E-state index is 11.3. The lowest BCUT2D eigenvalue weighted by atomic mass is 9.94. The van der Waals surface area contributed by atoms with Crippen LogP contribution in [0.4, 0.5) is 0 Å². The molecule has 1 rings (SSSR count). The predicted molar refractivity (Wildman–Crippen MR) is 56.4 cm³/mol. The molecule has 1 heterocycles. The molecule has 14 heavy (non-hydrogen) atoms. The highest BCUT2D eigenvalue weighted by atomic mass is 16.3. The lowest BCUT2D eigenvalue weighted by Gasteiger charge is -2.17. The zero-order valence-corrected chi connectivity index (χ0v) is 9.01. The maximum atomic E-state index is 11.3. The van der Waals surface area contributed by atoms with Gasteiger partial charge in [-0.25, -0.2) is 0 Å². The van der Waals surface area contributed by atoms with E-state index in [1.165, 1.54) is 6.92 Å². The summed E-state index contributed by atoms with van der Waals surface area (Å²) in [5.41, 5.74) is 3.02. The molecule has 76 valence electrons. The topological polar surface area (TPSA) is 49.7 Å². The lowest BCUT2D eigenvalue weighted by Crippen LogP contribution is -2.12. The van der Waals surface area contributed by atoms with Crippen molar-refractivity contribution in [3.05, 3.63) is 22.6 Å². The van der Waals surface area contributed by atoms with E-state index in [0.717, 1.165) is 17.0 Å². The Kier molecular flexibility index (Phi) is 2.89. The van der Waals surface area contributed by atoms with Crippen LogP contribution in [0.2, 0.25) is 0 Å². The van der Waals surface area contributed by atoms with Crippen LogP contribution in [0, 0.1) is 0 Å². The van der Waals surface area contributed by atoms with Gasteiger partial charge in [0.2, 0.25) is 0 Å². The molecule has 0 atom stereocenters. The molecule has 0 aliphatic carbocycles. The third-order valence-corrected chi connectivity index (χ3v) is 2.42. The molecule has 0 aromatic heterocycles. The Morgan fingerprint density at radius 3 is 2.36 bits per heavy atom. The summed E-state index contributed by atoms with van der Waals surface area (Å²) in [5, 5.41) is 9.40. The highest BCUT2D eigenvalue weighted by Gasteiger charge is 2.19. The van der Waals surface area contributed by atoms with Gasteiger partial charge in [-0.1, -0.05) is 0 Å². The monoisotopic (exact) mass is 193 g/mol. The number of nitrogens with zero attached hydrogens (tertiary/aromatic N) is 1. The molecule has 1 aliphatic heterocycles. The summed E-state index contributed by atoms with van der Waals surface area (Å²) in [6.07, 6.45) is 0.499. The Bertz CT molecular complexity index is 369. The second kappa shape index (κ2) is 3.78. The Hall–Kier alpha value is -1.38. The van der Waals surface area contributed by atoms with Gasteiger partial charge in [-0.2, -0.15) is 0 Å². The van der Waals surface area contributed by atoms with Gasteiger partial charge >= 0.3 is 0 Å². The molecule has 1 N–H and O–H groups in total. The SMILES string of the molecule is CC(=O)C1=C(C)N=C(C)/C(=C(\C)O)C1. The van der Waals surface area contributed by atoms with Crippen LogP contribution in [0.25, 0.3) is 0 Å². The smallest absolute Gasteiger partial charge is 0.157 e. The van der Waals surface area contributed by atoms with Gasteiger partial charge in [0.1, 0.15) is 0 Å². The molecular formula is C11H15NO2. The van der Waals surface area contributed by atoms with Crippen LogP contribution in [0.1, 0.15) is 34.1 Å². The maximum Gasteiger partial charge on any atom is 0.157 e. The summed E-state index contributed by atoms with van der Waals surface area (Å²) >= 11 is 0. The average Bonchev–Trinajstić information content (AvgIpc) is 2.02. The van der Waals surface area contributed by atoms with Crippen LogP contribution in [-0.2, 0) is 4.79 Å². The molecule has 0 aromatic carbocycles. The summed E-state index contributed by atoms with van der Waals surface area (Å²) in [6.45, 7) is 6.81. The molecule has 0 bridgehead atoms. The van der Waals surface area contributed by atoms with Crippen LogP contribution in [-0.4, -0.2) is 16.6 Å². The first-order chi connectivity index (χ1) is 6.43. The number of carbonyl (C=O) groups is 1. The van der Waals surface area contributed by atoms with Gasteiger partial charge in [0, 0.05) is 29.0 Å². The summed E-state index contributed by atoms with van der Waals surface area (Å²) in [7, 11) is 0. The minimum atomic E-state index is 0.0255. The molecule has 0 fully saturated rings. The van der Waals surface area contributed by atoms with Gasteiger partial charge in [0.05, 0.1) is 5.76 Å². The Morgan fingerprint density at radius 1 is 1.36 bits per heavy atom. The number of aliphatic hydroxyl groups is 1. The first-order valence-electron chi connectivity index (χ1n) is 4.58. The number of allylic oxidation sites excluding steroid dienone is 4. The van der Waals surface area contributed by atoms with Crippen molar-refractivity contribution in [1.29, 1.82) is 0 Å². The van der Waals surface area contributed by atoms with E-state index in [2.05, 4.69) is 4.99 Å². The first kappa shape index (κ1) is 10.7. The Balaban J connectivity index is 3.20. The fraction of sp³-hybridized carbons (Fsp3) is 0.455. The van der Waals surface area contributed by atoms with Crippen molar-refractivity contribution < 1.29 is 9.90 Å². The first-order valence-corrected chi connectivity index (χ1v) is 4.58. The standard InChI is InChI=1S/C11H15NO2/c1-6-10(8(3)13)5-11(9(4)14)7(2)12-6/h13H,5H2,1-4H3/b10-8+. The minimum Gasteiger partial charge on any atom is -0.512 e. The van der Waals surface area contributed by atoms with E-state index in [4.69, 9.17) is 0 Å². The molecule has 0 radical (unpaired) electrons. The van der Waals surface area contributed by atoms with Crippen molar-refractivity contribution in [3.8, 4) is 0 Å². The summed E-state index contributed by atoms with van der Waals surface area (Å²) in [5.74, 6) is 0.273. The van der Waals surface area contributed by atoms with Crippen LogP contribution in [0.15, 0.2) is 27.6 Å². The van der Waals surface area contributed by atoms with E-state index >= 15 is 0 Å². The van der Waals surface area contributed by atoms with Gasteiger partial charge in [0.15, 0.2) is 5.78 Å². The van der Waals surface area contributed by atoms with E-state index in [9.17, 15) is 9.90 Å². The predicted octanol–water partition coefficient (Wildman–Crippen LogP) is 2.55. The number of rotatable bonds is 1. The molecule has 0 aromatic rings. The summed E-state index contributed by atoms with van der Waals surface area (Å²) in [6, 6.07) is 0. The van der Waals surface area contributed by atoms with Crippen molar-refractivity contribution in [2.45, 2.75) is 34.1 Å². The van der Waals surface area contributed by atoms with Crippen molar-refractivity contribution in [2.75, 3.05) is 0 Å². The highest BCUT2D eigenvalue weighted by Crippen LogP contribution is 2.25. The third-order valence-electron chi connectivity index (χ3n) is 2.42. The average molecular weight is 193 g/mol. The summed E-state index contributed by atoms with van der Waals surface area (Å²) in [4.78, 5) is 15.5. The van der Waals surface area contributed by atoms with E-state index in [1.54, 1.807) is 6.92 Å². The van der Waals surface area contributed by atoms with Gasteiger partial charge < -0.3 is 5.11 Å². The quantitative estimate of drug-likeness (QED) is 0.650. The number of aliphatic hydroxyl groups excluding tert-OH is 1. The zero-order valence-electron chi connectivity index (χ0n) is 9.01. The van der Waals surface area contributed by atoms with E-state index in [1.807, 2.05) is 13.8 Å². The molecule has 1 aliphatic rings. The zero-order chi connectivity index (χ0) is 10.9. The molecule has 0 saturated carbocycles. The molecule has 0 unspecified atom stereocenters. The molecule has 0 saturated heterocycles. The van der Waals surface area contributed by atoms with Crippen LogP contribution in [0.3, 0.4) is 0 Å². The van der Waals surface area contributed by atoms with Gasteiger partial charge in [-0.15, -0.1) is 0 Å². The number of hydrogen-bond donors (Lipinski definition) is 1. The number of hydrogen-bond acceptors (Lipinski definition) is 3. The second-order valence-corrected chi connectivity index (χ2v) is 3.56. The fourth-order valence-electron chi connectivity index (χ4n) is 1.59. The number of Topliss-reactive ketones (excluding diaryl/α,β-unsaturated/α-hetero) is 1. The Morgan fingerprint density at radius 2 is 1.93 bits per heavy atom. The van der Waals surface area contributed by atoms with Crippen molar-refractivity contribution >= 4 is 11.5 Å². The van der Waals surface area contributed by atoms with Crippen LogP contribution < -0.4 is 0 Å². The van der Waals surface area contributed by atoms with Crippen molar-refractivity contribution in [1.82, 2.24) is 0 Å². The lowest BCUT2D eigenvalue weighted by molar-refractivity contribution is -0.113. The van der Waals surface area contributed by atoms with E-state index in [-0.39, 0.29) is 11.5 Å². The largest absolute Gasteiger partial charge is 0.512 e. The van der Waals surface area contributed by atoms with E-state index < -0.39 is 0 Å². The Labute approximate surface area is 83.9 Å². The molecular weight excluding hydrogens is 178 g/mol. The highest BCUT2D eigenvalue weighted by molar-refractivity contribution is 6.05. The number of aliphatic imine (C=N–C) groups is 1. The summed E-state index contributed by atoms with van der Waals surface area (Å²) < 4.78 is 0. The molecule has 0 amide bonds. The van der Waals surface area contributed by atoms with Gasteiger partial charge in [-0.05, 0) is 27.7 Å². The third kappa shape index (κ3) is 1.92. The van der Waals surface area contributed by atoms with Crippen LogP contribution in [0.5, 0.6) is 0 Å². The van der Waals surface area contributed by atoms with E-state index in [0.29, 0.717) is 12.0 Å². The number of ketones is 1. The van der Waals surface area contributed by atoms with Gasteiger partial charge in [-0.3, -0.25) is 9.79 Å². The van der Waals surface area contributed by atoms with Crippen LogP contribution >= 0.6 is 0 Å². The molecule has 3 nitrogen and oxygen atoms in total. The minimum absolute atomic E-state index is 0.0255. The second-order valence-electron chi connectivity index (χ2n) is 3.56. The molecule has 3 heteroatoms. The van der Waals surface area contributed by atoms with Crippen molar-refractivity contribution in [3.63, 3.8) is 0 Å².